The first-order valence-electron chi connectivity index (χ1n) is 9.01. The van der Waals surface area contributed by atoms with Crippen LogP contribution in [0.15, 0.2) is 30.3 Å². The molecule has 27 heavy (non-hydrogen) atoms. The SMILES string of the molecule is O=C1CC(N2CCN(C(=O)CCC(F)(F)F)CC2)C(c2ccccc2)NN1. The third kappa shape index (κ3) is 5.20. The summed E-state index contributed by atoms with van der Waals surface area (Å²) >= 11 is 0. The van der Waals surface area contributed by atoms with E-state index in [1.807, 2.05) is 30.3 Å². The second kappa shape index (κ2) is 8.26. The van der Waals surface area contributed by atoms with E-state index in [-0.39, 0.29) is 18.0 Å². The number of hydrogen-bond acceptors (Lipinski definition) is 4. The van der Waals surface area contributed by atoms with Crippen molar-refractivity contribution in [1.82, 2.24) is 20.7 Å². The molecule has 0 bridgehead atoms. The molecular weight excluding hydrogens is 361 g/mol. The zero-order valence-electron chi connectivity index (χ0n) is 14.8. The van der Waals surface area contributed by atoms with Crippen molar-refractivity contribution < 1.29 is 22.8 Å². The third-order valence-electron chi connectivity index (χ3n) is 5.06. The molecule has 0 saturated carbocycles. The zero-order valence-corrected chi connectivity index (χ0v) is 14.8. The summed E-state index contributed by atoms with van der Waals surface area (Å²) in [5.41, 5.74) is 6.77. The zero-order chi connectivity index (χ0) is 19.4. The Morgan fingerprint density at radius 1 is 1.11 bits per heavy atom. The number of hydrogen-bond donors (Lipinski definition) is 2. The van der Waals surface area contributed by atoms with Crippen molar-refractivity contribution in [2.75, 3.05) is 26.2 Å². The average Bonchev–Trinajstić information content (AvgIpc) is 2.66. The Morgan fingerprint density at radius 3 is 2.41 bits per heavy atom. The first-order valence-corrected chi connectivity index (χ1v) is 9.01. The van der Waals surface area contributed by atoms with Gasteiger partial charge >= 0.3 is 6.18 Å². The number of carbonyl (C=O) groups excluding carboxylic acids is 2. The van der Waals surface area contributed by atoms with Crippen molar-refractivity contribution in [2.45, 2.75) is 37.5 Å². The van der Waals surface area contributed by atoms with Crippen LogP contribution in [0.25, 0.3) is 0 Å². The summed E-state index contributed by atoms with van der Waals surface area (Å²) in [4.78, 5) is 27.5. The fraction of sp³-hybridized carbons (Fsp3) is 0.556. The molecule has 2 unspecified atom stereocenters. The lowest BCUT2D eigenvalue weighted by molar-refractivity contribution is -0.150. The molecular formula is C18H23F3N4O2. The molecule has 2 aliphatic heterocycles. The summed E-state index contributed by atoms with van der Waals surface area (Å²) in [6.45, 7) is 1.80. The van der Waals surface area contributed by atoms with Gasteiger partial charge in [0.1, 0.15) is 0 Å². The molecule has 6 nitrogen and oxygen atoms in total. The number of piperazine rings is 1. The molecule has 2 heterocycles. The molecule has 2 amide bonds. The Labute approximate surface area is 155 Å². The number of halogens is 3. The molecule has 0 spiro atoms. The molecule has 3 rings (SSSR count). The summed E-state index contributed by atoms with van der Waals surface area (Å²) < 4.78 is 36.9. The average molecular weight is 384 g/mol. The third-order valence-corrected chi connectivity index (χ3v) is 5.06. The normalized spacial score (nSPS) is 24.6. The predicted molar refractivity (Wildman–Crippen MR) is 92.3 cm³/mol. The van der Waals surface area contributed by atoms with Gasteiger partial charge in [0.2, 0.25) is 11.8 Å². The van der Waals surface area contributed by atoms with Gasteiger partial charge in [-0.25, -0.2) is 5.43 Å². The quantitative estimate of drug-likeness (QED) is 0.828. The van der Waals surface area contributed by atoms with Gasteiger partial charge in [0.25, 0.3) is 0 Å². The second-order valence-corrected chi connectivity index (χ2v) is 6.88. The lowest BCUT2D eigenvalue weighted by Crippen LogP contribution is -2.60. The number of rotatable bonds is 4. The highest BCUT2D eigenvalue weighted by Crippen LogP contribution is 2.27. The van der Waals surface area contributed by atoms with Crippen molar-refractivity contribution in [1.29, 1.82) is 0 Å². The van der Waals surface area contributed by atoms with Crippen molar-refractivity contribution in [2.24, 2.45) is 0 Å². The fourth-order valence-electron chi connectivity index (χ4n) is 3.63. The summed E-state index contributed by atoms with van der Waals surface area (Å²) in [5, 5.41) is 0. The number of alkyl halides is 3. The van der Waals surface area contributed by atoms with E-state index in [0.29, 0.717) is 32.6 Å². The van der Waals surface area contributed by atoms with E-state index in [2.05, 4.69) is 15.8 Å². The summed E-state index contributed by atoms with van der Waals surface area (Å²) in [6.07, 6.45) is -5.59. The maximum Gasteiger partial charge on any atom is 0.389 e. The monoisotopic (exact) mass is 384 g/mol. The van der Waals surface area contributed by atoms with E-state index in [1.165, 1.54) is 4.90 Å². The Balaban J connectivity index is 1.60. The van der Waals surface area contributed by atoms with E-state index >= 15 is 0 Å². The van der Waals surface area contributed by atoms with E-state index < -0.39 is 24.9 Å². The van der Waals surface area contributed by atoms with Crippen LogP contribution >= 0.6 is 0 Å². The number of nitrogens with zero attached hydrogens (tertiary/aromatic N) is 2. The van der Waals surface area contributed by atoms with Crippen LogP contribution in [-0.4, -0.2) is 60.0 Å². The van der Waals surface area contributed by atoms with E-state index in [4.69, 9.17) is 0 Å². The molecule has 2 atom stereocenters. The number of nitrogens with one attached hydrogen (secondary N) is 2. The van der Waals surface area contributed by atoms with Crippen LogP contribution in [0.5, 0.6) is 0 Å². The maximum absolute atomic E-state index is 12.3. The van der Waals surface area contributed by atoms with Crippen molar-refractivity contribution in [3.05, 3.63) is 35.9 Å². The van der Waals surface area contributed by atoms with Gasteiger partial charge in [0, 0.05) is 45.1 Å². The smallest absolute Gasteiger partial charge is 0.340 e. The van der Waals surface area contributed by atoms with Gasteiger partial charge < -0.3 is 4.90 Å². The lowest BCUT2D eigenvalue weighted by Gasteiger charge is -2.44. The maximum atomic E-state index is 12.3. The number of amides is 2. The molecule has 2 aliphatic rings. The molecule has 0 aliphatic carbocycles. The Bertz CT molecular complexity index is 660. The minimum atomic E-state index is -4.32. The van der Waals surface area contributed by atoms with Crippen LogP contribution in [0.2, 0.25) is 0 Å². The summed E-state index contributed by atoms with van der Waals surface area (Å²) in [6, 6.07) is 9.59. The van der Waals surface area contributed by atoms with Gasteiger partial charge in [-0.15, -0.1) is 0 Å². The van der Waals surface area contributed by atoms with Crippen LogP contribution in [0.1, 0.15) is 30.9 Å². The Morgan fingerprint density at radius 2 is 1.78 bits per heavy atom. The number of carbonyl (C=O) groups is 2. The van der Waals surface area contributed by atoms with Crippen LogP contribution in [0.3, 0.4) is 0 Å². The standard InChI is InChI=1S/C18H23F3N4O2/c19-18(20,21)7-6-16(27)25-10-8-24(9-11-25)14-12-15(26)22-23-17(14)13-4-2-1-3-5-13/h1-5,14,17,23H,6-12H2,(H,22,26). The highest BCUT2D eigenvalue weighted by Gasteiger charge is 2.37. The van der Waals surface area contributed by atoms with E-state index in [0.717, 1.165) is 5.56 Å². The van der Waals surface area contributed by atoms with Gasteiger partial charge in [-0.1, -0.05) is 30.3 Å². The summed E-state index contributed by atoms with van der Waals surface area (Å²) in [5.74, 6) is -0.568. The van der Waals surface area contributed by atoms with Crippen molar-refractivity contribution >= 4 is 11.8 Å². The van der Waals surface area contributed by atoms with E-state index in [1.54, 1.807) is 0 Å². The highest BCUT2D eigenvalue weighted by atomic mass is 19.4. The molecule has 1 aromatic rings. The van der Waals surface area contributed by atoms with Crippen LogP contribution in [0, 0.1) is 0 Å². The fourth-order valence-corrected chi connectivity index (χ4v) is 3.63. The van der Waals surface area contributed by atoms with E-state index in [9.17, 15) is 22.8 Å². The van der Waals surface area contributed by atoms with Crippen molar-refractivity contribution in [3.63, 3.8) is 0 Å². The van der Waals surface area contributed by atoms with Crippen LogP contribution in [0.4, 0.5) is 13.2 Å². The summed E-state index contributed by atoms with van der Waals surface area (Å²) in [7, 11) is 0. The Kier molecular flexibility index (Phi) is 6.01. The Hall–Kier alpha value is -2.13. The number of benzene rings is 1. The first-order chi connectivity index (χ1) is 12.8. The molecule has 2 fully saturated rings. The van der Waals surface area contributed by atoms with Crippen molar-refractivity contribution in [3.8, 4) is 0 Å². The lowest BCUT2D eigenvalue weighted by atomic mass is 9.93. The first kappa shape index (κ1) is 19.6. The molecule has 2 N–H and O–H groups in total. The minimum Gasteiger partial charge on any atom is -0.340 e. The molecule has 9 heteroatoms. The van der Waals surface area contributed by atoms with Gasteiger partial charge in [-0.3, -0.25) is 19.9 Å². The van der Waals surface area contributed by atoms with Gasteiger partial charge in [-0.2, -0.15) is 13.2 Å². The predicted octanol–water partition coefficient (Wildman–Crippen LogP) is 1.61. The molecule has 1 aromatic carbocycles. The second-order valence-electron chi connectivity index (χ2n) is 6.88. The molecule has 0 aromatic heterocycles. The van der Waals surface area contributed by atoms with Crippen LogP contribution in [-0.2, 0) is 9.59 Å². The van der Waals surface area contributed by atoms with Gasteiger partial charge in [0.05, 0.1) is 12.5 Å². The van der Waals surface area contributed by atoms with Gasteiger partial charge in [-0.05, 0) is 5.56 Å². The molecule has 2 saturated heterocycles. The van der Waals surface area contributed by atoms with Gasteiger partial charge in [0.15, 0.2) is 0 Å². The topological polar surface area (TPSA) is 64.7 Å². The number of hydrazine groups is 1. The minimum absolute atomic E-state index is 0.0754. The van der Waals surface area contributed by atoms with Crippen LogP contribution < -0.4 is 10.9 Å². The highest BCUT2D eigenvalue weighted by molar-refractivity contribution is 5.77. The molecule has 0 radical (unpaired) electrons. The molecule has 148 valence electrons. The largest absolute Gasteiger partial charge is 0.389 e.